The maximum atomic E-state index is 11.0. The first-order chi connectivity index (χ1) is 6.08. The number of rotatable bonds is 4. The lowest BCUT2D eigenvalue weighted by Crippen LogP contribution is -2.30. The van der Waals surface area contributed by atoms with E-state index in [1.54, 1.807) is 0 Å². The monoisotopic (exact) mass is 188 g/mol. The summed E-state index contributed by atoms with van der Waals surface area (Å²) in [5.74, 6) is -1.38. The van der Waals surface area contributed by atoms with Crippen LogP contribution in [0.3, 0.4) is 0 Å². The minimum Gasteiger partial charge on any atom is -0.467 e. The molecule has 13 heavy (non-hydrogen) atoms. The summed E-state index contributed by atoms with van der Waals surface area (Å²) in [5, 5.41) is 0. The minimum atomic E-state index is -1.10. The Labute approximate surface area is 76.3 Å². The zero-order chi connectivity index (χ0) is 10.4. The fourth-order valence-electron chi connectivity index (χ4n) is 0.726. The summed E-state index contributed by atoms with van der Waals surface area (Å²) in [6, 6.07) is 0. The summed E-state index contributed by atoms with van der Waals surface area (Å²) in [4.78, 5) is 21.9. The molecule has 0 heterocycles. The third-order valence-electron chi connectivity index (χ3n) is 1.42. The molecule has 0 aliphatic carbocycles. The van der Waals surface area contributed by atoms with Crippen LogP contribution in [-0.4, -0.2) is 39.4 Å². The van der Waals surface area contributed by atoms with Crippen LogP contribution in [0.15, 0.2) is 12.2 Å². The lowest BCUT2D eigenvalue weighted by molar-refractivity contribution is -0.153. The van der Waals surface area contributed by atoms with Crippen molar-refractivity contribution in [3.63, 3.8) is 0 Å². The Morgan fingerprint density at radius 3 is 2.00 bits per heavy atom. The highest BCUT2D eigenvalue weighted by Gasteiger charge is 2.27. The van der Waals surface area contributed by atoms with Crippen LogP contribution < -0.4 is 0 Å². The van der Waals surface area contributed by atoms with E-state index in [0.29, 0.717) is 0 Å². The average molecular weight is 188 g/mol. The van der Waals surface area contributed by atoms with E-state index in [9.17, 15) is 9.59 Å². The van der Waals surface area contributed by atoms with Crippen LogP contribution in [0.25, 0.3) is 0 Å². The van der Waals surface area contributed by atoms with Crippen molar-refractivity contribution >= 4 is 11.9 Å². The molecule has 0 rings (SSSR count). The van der Waals surface area contributed by atoms with Crippen molar-refractivity contribution < 1.29 is 23.8 Å². The van der Waals surface area contributed by atoms with Gasteiger partial charge in [0, 0.05) is 7.11 Å². The van der Waals surface area contributed by atoms with Crippen LogP contribution in [0.4, 0.5) is 0 Å². The third kappa shape index (κ3) is 2.87. The molecular formula is C8H12O5. The van der Waals surface area contributed by atoms with E-state index < -0.39 is 18.0 Å². The van der Waals surface area contributed by atoms with E-state index >= 15 is 0 Å². The van der Waals surface area contributed by atoms with Crippen LogP contribution in [0, 0.1) is 0 Å². The van der Waals surface area contributed by atoms with Crippen molar-refractivity contribution in [2.24, 2.45) is 0 Å². The van der Waals surface area contributed by atoms with E-state index in [2.05, 4.69) is 16.1 Å². The molecule has 0 aliphatic rings. The fraction of sp³-hybridized carbons (Fsp3) is 0.500. The SMILES string of the molecule is C=C(C(=O)OC)[C@H](OC)C(=O)OC. The van der Waals surface area contributed by atoms with Crippen molar-refractivity contribution in [2.45, 2.75) is 6.10 Å². The lowest BCUT2D eigenvalue weighted by atomic mass is 10.2. The van der Waals surface area contributed by atoms with Crippen LogP contribution in [0.1, 0.15) is 0 Å². The normalized spacial score (nSPS) is 11.6. The molecule has 0 radical (unpaired) electrons. The fourth-order valence-corrected chi connectivity index (χ4v) is 0.726. The van der Waals surface area contributed by atoms with Crippen molar-refractivity contribution in [3.8, 4) is 0 Å². The Balaban J connectivity index is 4.49. The lowest BCUT2D eigenvalue weighted by Gasteiger charge is -2.13. The van der Waals surface area contributed by atoms with Gasteiger partial charge in [0.25, 0.3) is 0 Å². The molecule has 0 fully saturated rings. The van der Waals surface area contributed by atoms with Gasteiger partial charge in [-0.3, -0.25) is 0 Å². The molecule has 0 saturated carbocycles. The molecule has 0 spiro atoms. The number of ether oxygens (including phenoxy) is 3. The number of hydrogen-bond acceptors (Lipinski definition) is 5. The van der Waals surface area contributed by atoms with E-state index in [1.807, 2.05) is 0 Å². The summed E-state index contributed by atoms with van der Waals surface area (Å²) in [6.45, 7) is 3.37. The Morgan fingerprint density at radius 1 is 1.15 bits per heavy atom. The van der Waals surface area contributed by atoms with E-state index in [1.165, 1.54) is 21.3 Å². The maximum Gasteiger partial charge on any atom is 0.339 e. The minimum absolute atomic E-state index is 0.0862. The van der Waals surface area contributed by atoms with Crippen LogP contribution in [-0.2, 0) is 23.8 Å². The molecule has 0 aromatic carbocycles. The standard InChI is InChI=1S/C8H12O5/c1-5(7(9)12-3)6(11-2)8(10)13-4/h6H,1H2,2-4H3/t6-/m0/s1. The smallest absolute Gasteiger partial charge is 0.339 e. The van der Waals surface area contributed by atoms with Gasteiger partial charge >= 0.3 is 11.9 Å². The largest absolute Gasteiger partial charge is 0.467 e. The number of methoxy groups -OCH3 is 3. The molecule has 0 aliphatic heterocycles. The zero-order valence-corrected chi connectivity index (χ0v) is 7.83. The van der Waals surface area contributed by atoms with Gasteiger partial charge in [-0.2, -0.15) is 0 Å². The summed E-state index contributed by atoms with van der Waals surface area (Å²) in [5.41, 5.74) is -0.0862. The molecule has 0 N–H and O–H groups in total. The molecule has 0 saturated heterocycles. The first-order valence-electron chi connectivity index (χ1n) is 3.46. The highest BCUT2D eigenvalue weighted by Crippen LogP contribution is 2.07. The van der Waals surface area contributed by atoms with Crippen LogP contribution in [0.2, 0.25) is 0 Å². The highest BCUT2D eigenvalue weighted by molar-refractivity contribution is 5.96. The van der Waals surface area contributed by atoms with E-state index in [0.717, 1.165) is 0 Å². The Kier molecular flexibility index (Phi) is 4.76. The molecule has 0 bridgehead atoms. The molecule has 74 valence electrons. The second-order valence-electron chi connectivity index (χ2n) is 2.16. The van der Waals surface area contributed by atoms with Crippen LogP contribution >= 0.6 is 0 Å². The first-order valence-corrected chi connectivity index (χ1v) is 3.46. The van der Waals surface area contributed by atoms with Crippen molar-refractivity contribution in [3.05, 3.63) is 12.2 Å². The molecule has 0 amide bonds. The van der Waals surface area contributed by atoms with Gasteiger partial charge in [0.2, 0.25) is 0 Å². The first kappa shape index (κ1) is 11.6. The Morgan fingerprint density at radius 2 is 1.69 bits per heavy atom. The van der Waals surface area contributed by atoms with Gasteiger partial charge in [0.1, 0.15) is 0 Å². The van der Waals surface area contributed by atoms with Crippen molar-refractivity contribution in [1.29, 1.82) is 0 Å². The Bertz CT molecular complexity index is 221. The quantitative estimate of drug-likeness (QED) is 0.455. The third-order valence-corrected chi connectivity index (χ3v) is 1.42. The zero-order valence-electron chi connectivity index (χ0n) is 7.83. The second kappa shape index (κ2) is 5.31. The summed E-state index contributed by atoms with van der Waals surface area (Å²) < 4.78 is 13.5. The van der Waals surface area contributed by atoms with E-state index in [-0.39, 0.29) is 5.57 Å². The topological polar surface area (TPSA) is 61.8 Å². The van der Waals surface area contributed by atoms with Crippen molar-refractivity contribution in [2.75, 3.05) is 21.3 Å². The number of carbonyl (C=O) groups is 2. The summed E-state index contributed by atoms with van der Waals surface area (Å²) in [7, 11) is 3.66. The maximum absolute atomic E-state index is 11.0. The van der Waals surface area contributed by atoms with Gasteiger partial charge in [-0.15, -0.1) is 0 Å². The van der Waals surface area contributed by atoms with Crippen LogP contribution in [0.5, 0.6) is 0 Å². The van der Waals surface area contributed by atoms with Gasteiger partial charge in [-0.05, 0) is 0 Å². The van der Waals surface area contributed by atoms with Crippen molar-refractivity contribution in [1.82, 2.24) is 0 Å². The number of esters is 2. The molecule has 1 atom stereocenters. The second-order valence-corrected chi connectivity index (χ2v) is 2.16. The van der Waals surface area contributed by atoms with Gasteiger partial charge in [0.05, 0.1) is 19.8 Å². The molecule has 5 heteroatoms. The van der Waals surface area contributed by atoms with Gasteiger partial charge in [-0.1, -0.05) is 6.58 Å². The highest BCUT2D eigenvalue weighted by atomic mass is 16.6. The average Bonchev–Trinajstić information content (AvgIpc) is 2.17. The van der Waals surface area contributed by atoms with Gasteiger partial charge in [-0.25, -0.2) is 9.59 Å². The Hall–Kier alpha value is -1.36. The van der Waals surface area contributed by atoms with Gasteiger partial charge in [0.15, 0.2) is 6.10 Å². The van der Waals surface area contributed by atoms with E-state index in [4.69, 9.17) is 4.74 Å². The summed E-state index contributed by atoms with van der Waals surface area (Å²) in [6.07, 6.45) is -1.10. The molecule has 5 nitrogen and oxygen atoms in total. The number of carbonyl (C=O) groups excluding carboxylic acids is 2. The predicted molar refractivity (Wildman–Crippen MR) is 44.0 cm³/mol. The molecular weight excluding hydrogens is 176 g/mol. The summed E-state index contributed by atoms with van der Waals surface area (Å²) >= 11 is 0. The predicted octanol–water partition coefficient (Wildman–Crippen LogP) is -0.0964. The van der Waals surface area contributed by atoms with Gasteiger partial charge < -0.3 is 14.2 Å². The number of hydrogen-bond donors (Lipinski definition) is 0. The molecule has 0 aromatic heterocycles. The molecule has 0 unspecified atom stereocenters. The molecule has 0 aromatic rings.